The van der Waals surface area contributed by atoms with E-state index in [9.17, 15) is 57.1 Å². The zero-order valence-corrected chi connectivity index (χ0v) is 11.1. The molecular formula is C10H7F13O. The second-order valence-corrected chi connectivity index (χ2v) is 4.98. The van der Waals surface area contributed by atoms with Crippen LogP contribution in [0.2, 0.25) is 0 Å². The van der Waals surface area contributed by atoms with Gasteiger partial charge in [-0.15, -0.1) is 0 Å². The van der Waals surface area contributed by atoms with Crippen molar-refractivity contribution in [3.8, 4) is 0 Å². The molecule has 3 atom stereocenters. The van der Waals surface area contributed by atoms with E-state index in [1.54, 1.807) is 0 Å². The first kappa shape index (κ1) is 21.1. The summed E-state index contributed by atoms with van der Waals surface area (Å²) in [5.41, 5.74) is 0. The molecule has 1 nitrogen and oxygen atoms in total. The minimum atomic E-state index is -7.72. The Balaban J connectivity index is 3.32. The number of rotatable bonds is 7. The number of alkyl halides is 13. The highest BCUT2D eigenvalue weighted by atomic mass is 19.4. The third kappa shape index (κ3) is 2.60. The molecule has 1 rings (SSSR count). The highest BCUT2D eigenvalue weighted by Gasteiger charge is 2.89. The van der Waals surface area contributed by atoms with E-state index in [0.29, 0.717) is 0 Å². The summed E-state index contributed by atoms with van der Waals surface area (Å²) in [6, 6.07) is 0. The molecule has 1 heterocycles. The lowest BCUT2D eigenvalue weighted by atomic mass is 9.91. The second-order valence-electron chi connectivity index (χ2n) is 4.98. The van der Waals surface area contributed by atoms with Gasteiger partial charge >= 0.3 is 36.0 Å². The number of hydrogen-bond donors (Lipinski definition) is 0. The molecule has 3 unspecified atom stereocenters. The van der Waals surface area contributed by atoms with Gasteiger partial charge in [0.1, 0.15) is 6.10 Å². The van der Waals surface area contributed by atoms with Crippen LogP contribution < -0.4 is 0 Å². The lowest BCUT2D eigenvalue weighted by Gasteiger charge is -2.39. The van der Waals surface area contributed by atoms with E-state index in [0.717, 1.165) is 6.92 Å². The van der Waals surface area contributed by atoms with Crippen molar-refractivity contribution in [1.29, 1.82) is 0 Å². The summed E-state index contributed by atoms with van der Waals surface area (Å²) in [6.45, 7) is 0.836. The summed E-state index contributed by atoms with van der Waals surface area (Å²) < 4.78 is 170. The Bertz CT molecular complexity index is 473. The van der Waals surface area contributed by atoms with Gasteiger partial charge in [0.05, 0.1) is 6.10 Å². The molecule has 0 amide bonds. The molecule has 144 valence electrons. The first-order valence-electron chi connectivity index (χ1n) is 5.84. The molecule has 1 saturated heterocycles. The van der Waals surface area contributed by atoms with Crippen molar-refractivity contribution in [2.45, 2.75) is 61.3 Å². The van der Waals surface area contributed by atoms with E-state index in [2.05, 4.69) is 4.74 Å². The van der Waals surface area contributed by atoms with Gasteiger partial charge in [-0.05, 0) is 6.92 Å². The lowest BCUT2D eigenvalue weighted by molar-refractivity contribution is -0.418. The quantitative estimate of drug-likeness (QED) is 0.459. The van der Waals surface area contributed by atoms with E-state index in [1.165, 1.54) is 0 Å². The fourth-order valence-corrected chi connectivity index (χ4v) is 1.64. The van der Waals surface area contributed by atoms with Gasteiger partial charge in [-0.1, -0.05) is 0 Å². The van der Waals surface area contributed by atoms with Gasteiger partial charge in [-0.3, -0.25) is 0 Å². The number of hydrogen-bond acceptors (Lipinski definition) is 1. The minimum absolute atomic E-state index is 0.836. The fourth-order valence-electron chi connectivity index (χ4n) is 1.64. The molecule has 1 fully saturated rings. The van der Waals surface area contributed by atoms with Crippen LogP contribution in [0.25, 0.3) is 0 Å². The molecule has 0 radical (unpaired) electrons. The lowest BCUT2D eigenvalue weighted by Crippen LogP contribution is -2.70. The van der Waals surface area contributed by atoms with Crippen LogP contribution in [0.3, 0.4) is 0 Å². The van der Waals surface area contributed by atoms with Gasteiger partial charge in [0.2, 0.25) is 0 Å². The standard InChI is InChI=1S/C10H7F13O/c1-2-3(24-2)4(11)6(14,15)8(18,19)10(22,23)9(20,21)7(16,17)5(12)13/h2-5H,1H3. The Kier molecular flexibility index (Phi) is 4.86. The van der Waals surface area contributed by atoms with Crippen LogP contribution in [0.5, 0.6) is 0 Å². The molecule has 0 aromatic rings. The fraction of sp³-hybridized carbons (Fsp3) is 1.00. The van der Waals surface area contributed by atoms with Gasteiger partial charge in [0.25, 0.3) is 0 Å². The Morgan fingerprint density at radius 3 is 1.29 bits per heavy atom. The molecule has 0 bridgehead atoms. The number of epoxide rings is 1. The van der Waals surface area contributed by atoms with Gasteiger partial charge in [-0.2, -0.15) is 43.9 Å². The molecule has 0 aromatic heterocycles. The van der Waals surface area contributed by atoms with Crippen molar-refractivity contribution in [2.75, 3.05) is 0 Å². The Morgan fingerprint density at radius 1 is 0.667 bits per heavy atom. The molecule has 0 aromatic carbocycles. The molecule has 1 aliphatic rings. The number of ether oxygens (including phenoxy) is 1. The SMILES string of the molecule is CC1OC1C(F)C(F)(F)C(F)(F)C(F)(F)C(F)(F)C(F)(F)C(F)F. The predicted molar refractivity (Wildman–Crippen MR) is 50.0 cm³/mol. The predicted octanol–water partition coefficient (Wildman–Crippen LogP) is 4.55. The van der Waals surface area contributed by atoms with Crippen molar-refractivity contribution in [2.24, 2.45) is 0 Å². The van der Waals surface area contributed by atoms with Crippen molar-refractivity contribution < 1.29 is 61.8 Å². The molecule has 14 heteroatoms. The highest BCUT2D eigenvalue weighted by molar-refractivity contribution is 5.12. The Morgan fingerprint density at radius 2 is 1.00 bits per heavy atom. The molecule has 0 N–H and O–H groups in total. The maximum absolute atomic E-state index is 13.2. The first-order valence-corrected chi connectivity index (χ1v) is 5.84. The third-order valence-electron chi connectivity index (χ3n) is 3.29. The molecular weight excluding hydrogens is 383 g/mol. The van der Waals surface area contributed by atoms with E-state index in [4.69, 9.17) is 0 Å². The number of halogens is 13. The van der Waals surface area contributed by atoms with E-state index in [1.807, 2.05) is 0 Å². The van der Waals surface area contributed by atoms with E-state index in [-0.39, 0.29) is 0 Å². The van der Waals surface area contributed by atoms with Crippen molar-refractivity contribution in [3.63, 3.8) is 0 Å². The molecule has 1 aliphatic heterocycles. The van der Waals surface area contributed by atoms with Crippen LogP contribution in [0.4, 0.5) is 57.1 Å². The van der Waals surface area contributed by atoms with Crippen molar-refractivity contribution >= 4 is 0 Å². The van der Waals surface area contributed by atoms with Crippen molar-refractivity contribution in [1.82, 2.24) is 0 Å². The van der Waals surface area contributed by atoms with Gasteiger partial charge in [-0.25, -0.2) is 13.2 Å². The average Bonchev–Trinajstić information content (AvgIpc) is 3.13. The van der Waals surface area contributed by atoms with Crippen LogP contribution >= 0.6 is 0 Å². The first-order chi connectivity index (χ1) is 10.4. The molecule has 24 heavy (non-hydrogen) atoms. The summed E-state index contributed by atoms with van der Waals surface area (Å²) >= 11 is 0. The molecule has 0 spiro atoms. The van der Waals surface area contributed by atoms with Gasteiger partial charge in [0.15, 0.2) is 6.17 Å². The van der Waals surface area contributed by atoms with Crippen LogP contribution in [-0.4, -0.2) is 54.4 Å². The summed E-state index contributed by atoms with van der Waals surface area (Å²) in [4.78, 5) is 0. The normalized spacial score (nSPS) is 25.1. The zero-order chi connectivity index (χ0) is 19.5. The van der Waals surface area contributed by atoms with Gasteiger partial charge < -0.3 is 4.74 Å². The molecule has 0 saturated carbocycles. The van der Waals surface area contributed by atoms with Crippen molar-refractivity contribution in [3.05, 3.63) is 0 Å². The summed E-state index contributed by atoms with van der Waals surface area (Å²) in [6.07, 6.45) is -13.7. The van der Waals surface area contributed by atoms with Crippen LogP contribution in [0.15, 0.2) is 0 Å². The van der Waals surface area contributed by atoms with Crippen LogP contribution in [0.1, 0.15) is 6.92 Å². The van der Waals surface area contributed by atoms with E-state index < -0.39 is 54.4 Å². The summed E-state index contributed by atoms with van der Waals surface area (Å²) in [5.74, 6) is -36.5. The second kappa shape index (κ2) is 5.53. The monoisotopic (exact) mass is 390 g/mol. The van der Waals surface area contributed by atoms with E-state index >= 15 is 0 Å². The third-order valence-corrected chi connectivity index (χ3v) is 3.29. The van der Waals surface area contributed by atoms with Crippen LogP contribution in [-0.2, 0) is 4.74 Å². The highest BCUT2D eigenvalue weighted by Crippen LogP contribution is 2.59. The Hall–Kier alpha value is -0.950. The molecule has 0 aliphatic carbocycles. The topological polar surface area (TPSA) is 12.5 Å². The maximum Gasteiger partial charge on any atom is 0.384 e. The smallest absolute Gasteiger partial charge is 0.366 e. The summed E-state index contributed by atoms with van der Waals surface area (Å²) in [5, 5.41) is 0. The average molecular weight is 390 g/mol. The zero-order valence-electron chi connectivity index (χ0n) is 11.1. The summed E-state index contributed by atoms with van der Waals surface area (Å²) in [7, 11) is 0. The largest absolute Gasteiger partial charge is 0.384 e. The Labute approximate surface area is 124 Å². The minimum Gasteiger partial charge on any atom is -0.366 e. The van der Waals surface area contributed by atoms with Gasteiger partial charge in [0, 0.05) is 0 Å². The maximum atomic E-state index is 13.2. The van der Waals surface area contributed by atoms with Crippen LogP contribution in [0, 0.1) is 0 Å².